The molecule has 140 valence electrons. The number of nitrogens with zero attached hydrogens (tertiary/aromatic N) is 3. The monoisotopic (exact) mass is 376 g/mol. The number of benzene rings is 1. The van der Waals surface area contributed by atoms with Crippen molar-refractivity contribution in [2.24, 2.45) is 5.92 Å². The van der Waals surface area contributed by atoms with E-state index in [0.29, 0.717) is 17.2 Å². The number of aromatic nitrogens is 2. The van der Waals surface area contributed by atoms with Crippen LogP contribution in [0, 0.1) is 5.92 Å². The van der Waals surface area contributed by atoms with Gasteiger partial charge in [-0.15, -0.1) is 0 Å². The van der Waals surface area contributed by atoms with Crippen molar-refractivity contribution in [3.8, 4) is 0 Å². The number of hydrogen-bond acceptors (Lipinski definition) is 6. The van der Waals surface area contributed by atoms with Crippen LogP contribution in [0.15, 0.2) is 24.3 Å². The first-order valence-electron chi connectivity index (χ1n) is 8.86. The first-order valence-corrected chi connectivity index (χ1v) is 10.7. The van der Waals surface area contributed by atoms with Gasteiger partial charge in [0.1, 0.15) is 5.75 Å². The Bertz CT molecular complexity index is 906. The van der Waals surface area contributed by atoms with Crippen LogP contribution >= 0.6 is 0 Å². The molecule has 0 bridgehead atoms. The smallest absolute Gasteiger partial charge is 0.240 e. The second-order valence-corrected chi connectivity index (χ2v) is 9.18. The summed E-state index contributed by atoms with van der Waals surface area (Å²) in [5.74, 6) is -0.211. The Labute approximate surface area is 153 Å². The lowest BCUT2D eigenvalue weighted by atomic mass is 10.3. The fourth-order valence-electron chi connectivity index (χ4n) is 3.16. The molecule has 3 rings (SSSR count). The molecule has 0 spiro atoms. The Morgan fingerprint density at radius 3 is 2.38 bits per heavy atom. The molecule has 2 aromatic rings. The van der Waals surface area contributed by atoms with E-state index >= 15 is 0 Å². The molecule has 1 N–H and O–H groups in total. The summed E-state index contributed by atoms with van der Waals surface area (Å²) in [6.07, 6.45) is 2.12. The van der Waals surface area contributed by atoms with Crippen molar-refractivity contribution in [2.75, 3.05) is 34.8 Å². The van der Waals surface area contributed by atoms with Crippen molar-refractivity contribution in [3.05, 3.63) is 24.3 Å². The molecule has 0 saturated carbocycles. The average molecular weight is 376 g/mol. The van der Waals surface area contributed by atoms with Gasteiger partial charge in [0, 0.05) is 13.1 Å². The number of amides is 1. The molecule has 1 fully saturated rings. The highest BCUT2D eigenvalue weighted by atomic mass is 32.2. The summed E-state index contributed by atoms with van der Waals surface area (Å²) in [5.41, 5.74) is 1.41. The molecule has 26 heavy (non-hydrogen) atoms. The zero-order valence-corrected chi connectivity index (χ0v) is 15.9. The van der Waals surface area contributed by atoms with Gasteiger partial charge in [-0.2, -0.15) is 0 Å². The van der Waals surface area contributed by atoms with Gasteiger partial charge in [-0.25, -0.2) is 18.4 Å². The van der Waals surface area contributed by atoms with E-state index in [4.69, 9.17) is 0 Å². The third kappa shape index (κ3) is 4.49. The van der Waals surface area contributed by atoms with Gasteiger partial charge in [0.15, 0.2) is 21.5 Å². The number of fused-ring (bicyclic) bond motifs is 1. The van der Waals surface area contributed by atoms with Crippen LogP contribution in [0.2, 0.25) is 0 Å². The maximum Gasteiger partial charge on any atom is 0.240 e. The number of para-hydroxylation sites is 2. The number of nitrogens with one attached hydrogen (secondary N) is 1. The molecule has 0 unspecified atom stereocenters. The molecule has 0 atom stereocenters. The van der Waals surface area contributed by atoms with Gasteiger partial charge in [0.2, 0.25) is 5.91 Å². The van der Waals surface area contributed by atoms with E-state index < -0.39 is 21.5 Å². The Morgan fingerprint density at radius 2 is 1.77 bits per heavy atom. The molecular formula is C18H24N4O3S. The molecule has 1 amide bonds. The van der Waals surface area contributed by atoms with Crippen LogP contribution in [0.1, 0.15) is 26.7 Å². The van der Waals surface area contributed by atoms with E-state index in [1.165, 1.54) is 0 Å². The number of sulfone groups is 1. The van der Waals surface area contributed by atoms with Crippen molar-refractivity contribution in [1.82, 2.24) is 9.97 Å². The summed E-state index contributed by atoms with van der Waals surface area (Å²) < 4.78 is 24.2. The van der Waals surface area contributed by atoms with Gasteiger partial charge in [-0.3, -0.25) is 4.79 Å². The van der Waals surface area contributed by atoms with Gasteiger partial charge in [-0.05, 0) is 30.9 Å². The molecule has 0 aliphatic carbocycles. The lowest BCUT2D eigenvalue weighted by Crippen LogP contribution is -2.28. The number of anilines is 2. The third-order valence-electron chi connectivity index (χ3n) is 4.15. The largest absolute Gasteiger partial charge is 0.354 e. The Kier molecular flexibility index (Phi) is 5.41. The standard InChI is InChI=1S/C18H24N4O3S/c1-13(2)11-26(24,25)12-16(23)21-17-18(22-9-5-6-10-22)20-15-8-4-3-7-14(15)19-17/h3-4,7-8,13H,5-6,9-12H2,1-2H3,(H,19,21,23). The highest BCUT2D eigenvalue weighted by molar-refractivity contribution is 7.92. The molecule has 7 nitrogen and oxygen atoms in total. The fraction of sp³-hybridized carbons (Fsp3) is 0.500. The van der Waals surface area contributed by atoms with Crippen molar-refractivity contribution >= 4 is 38.4 Å². The van der Waals surface area contributed by atoms with Crippen molar-refractivity contribution in [1.29, 1.82) is 0 Å². The summed E-state index contributed by atoms with van der Waals surface area (Å²) in [6.45, 7) is 5.33. The number of hydrogen-bond donors (Lipinski definition) is 1. The lowest BCUT2D eigenvalue weighted by Gasteiger charge is -2.20. The van der Waals surface area contributed by atoms with E-state index in [-0.39, 0.29) is 11.7 Å². The van der Waals surface area contributed by atoms with E-state index in [0.717, 1.165) is 31.4 Å². The maximum atomic E-state index is 12.3. The van der Waals surface area contributed by atoms with Crippen molar-refractivity contribution in [2.45, 2.75) is 26.7 Å². The van der Waals surface area contributed by atoms with Crippen LogP contribution in [0.25, 0.3) is 11.0 Å². The second kappa shape index (κ2) is 7.57. The molecule has 1 saturated heterocycles. The van der Waals surface area contributed by atoms with Gasteiger partial charge in [0.25, 0.3) is 0 Å². The minimum atomic E-state index is -3.45. The van der Waals surface area contributed by atoms with Crippen LogP contribution < -0.4 is 10.2 Å². The highest BCUT2D eigenvalue weighted by Gasteiger charge is 2.23. The fourth-order valence-corrected chi connectivity index (χ4v) is 4.76. The van der Waals surface area contributed by atoms with Crippen LogP contribution in [0.5, 0.6) is 0 Å². The van der Waals surface area contributed by atoms with Crippen LogP contribution in [0.3, 0.4) is 0 Å². The summed E-state index contributed by atoms with van der Waals surface area (Å²) in [7, 11) is -3.45. The quantitative estimate of drug-likeness (QED) is 0.831. The van der Waals surface area contributed by atoms with Crippen LogP contribution in [0.4, 0.5) is 11.6 Å². The topological polar surface area (TPSA) is 92.3 Å². The Hall–Kier alpha value is -2.22. The van der Waals surface area contributed by atoms with Crippen LogP contribution in [-0.4, -0.2) is 48.9 Å². The first-order chi connectivity index (χ1) is 12.3. The molecule has 1 aliphatic rings. The second-order valence-electron chi connectivity index (χ2n) is 7.08. The summed E-state index contributed by atoms with van der Waals surface area (Å²) in [4.78, 5) is 23.6. The van der Waals surface area contributed by atoms with E-state index in [9.17, 15) is 13.2 Å². The van der Waals surface area contributed by atoms with Gasteiger partial charge < -0.3 is 10.2 Å². The predicted molar refractivity (Wildman–Crippen MR) is 103 cm³/mol. The first kappa shape index (κ1) is 18.6. The molecule has 1 aliphatic heterocycles. The maximum absolute atomic E-state index is 12.3. The molecular weight excluding hydrogens is 352 g/mol. The zero-order valence-electron chi connectivity index (χ0n) is 15.1. The summed E-state index contributed by atoms with van der Waals surface area (Å²) in [6, 6.07) is 7.44. The number of carbonyl (C=O) groups is 1. The van der Waals surface area contributed by atoms with Crippen LogP contribution in [-0.2, 0) is 14.6 Å². The Balaban J connectivity index is 1.88. The predicted octanol–water partition coefficient (Wildman–Crippen LogP) is 2.24. The van der Waals surface area contributed by atoms with E-state index in [1.807, 2.05) is 38.1 Å². The number of carbonyl (C=O) groups excluding carboxylic acids is 1. The Morgan fingerprint density at radius 1 is 1.15 bits per heavy atom. The SMILES string of the molecule is CC(C)CS(=O)(=O)CC(=O)Nc1nc2ccccc2nc1N1CCCC1. The molecule has 1 aromatic carbocycles. The molecule has 2 heterocycles. The van der Waals surface area contributed by atoms with Gasteiger partial charge >= 0.3 is 0 Å². The molecule has 8 heteroatoms. The third-order valence-corrected chi connectivity index (χ3v) is 6.03. The number of rotatable bonds is 6. The summed E-state index contributed by atoms with van der Waals surface area (Å²) >= 11 is 0. The van der Waals surface area contributed by atoms with E-state index in [2.05, 4.69) is 20.2 Å². The molecule has 1 aromatic heterocycles. The van der Waals surface area contributed by atoms with Crippen molar-refractivity contribution in [3.63, 3.8) is 0 Å². The van der Waals surface area contributed by atoms with Crippen molar-refractivity contribution < 1.29 is 13.2 Å². The minimum absolute atomic E-state index is 0.0111. The molecule has 0 radical (unpaired) electrons. The van der Waals surface area contributed by atoms with Gasteiger partial charge in [-0.1, -0.05) is 26.0 Å². The summed E-state index contributed by atoms with van der Waals surface area (Å²) in [5, 5.41) is 2.68. The normalized spacial score (nSPS) is 15.0. The minimum Gasteiger partial charge on any atom is -0.354 e. The lowest BCUT2D eigenvalue weighted by molar-refractivity contribution is -0.113. The van der Waals surface area contributed by atoms with E-state index in [1.54, 1.807) is 0 Å². The zero-order chi connectivity index (χ0) is 18.7. The average Bonchev–Trinajstić information content (AvgIpc) is 3.06. The highest BCUT2D eigenvalue weighted by Crippen LogP contribution is 2.27. The van der Waals surface area contributed by atoms with Gasteiger partial charge in [0.05, 0.1) is 16.8 Å².